The Balaban J connectivity index is 1.54. The minimum absolute atomic E-state index is 0.0465. The molecule has 0 spiro atoms. The van der Waals surface area contributed by atoms with E-state index < -0.39 is 12.0 Å². The van der Waals surface area contributed by atoms with E-state index >= 15 is 0 Å². The third-order valence-electron chi connectivity index (χ3n) is 6.20. The average molecular weight is 499 g/mol. The molecule has 0 bridgehead atoms. The van der Waals surface area contributed by atoms with Crippen LogP contribution in [0.15, 0.2) is 23.1 Å². The van der Waals surface area contributed by atoms with Crippen LogP contribution >= 0.6 is 0 Å². The van der Waals surface area contributed by atoms with Crippen LogP contribution in [0, 0.1) is 13.8 Å². The minimum atomic E-state index is -1.04. The van der Waals surface area contributed by atoms with Crippen molar-refractivity contribution in [2.75, 3.05) is 20.2 Å². The Kier molecular flexibility index (Phi) is 7.25. The Labute approximate surface area is 207 Å². The molecule has 1 atom stereocenters. The number of fused-ring (bicyclic) bond motifs is 1. The molecule has 4 heterocycles. The summed E-state index contributed by atoms with van der Waals surface area (Å²) in [6.07, 6.45) is 1.46. The largest absolute Gasteiger partial charge is 0.496 e. The second kappa shape index (κ2) is 10.4. The molecule has 192 valence electrons. The first kappa shape index (κ1) is 25.2. The number of ether oxygens (including phenoxy) is 2. The number of hydrogen-bond acceptors (Lipinski definition) is 8. The lowest BCUT2D eigenvalue weighted by Crippen LogP contribution is -2.45. The number of rotatable bonds is 7. The predicted molar refractivity (Wildman–Crippen MR) is 129 cm³/mol. The van der Waals surface area contributed by atoms with E-state index in [1.807, 2.05) is 0 Å². The van der Waals surface area contributed by atoms with Crippen molar-refractivity contribution in [3.05, 3.63) is 51.2 Å². The first-order valence-electron chi connectivity index (χ1n) is 11.7. The van der Waals surface area contributed by atoms with Gasteiger partial charge in [-0.15, -0.1) is 0 Å². The Bertz CT molecular complexity index is 1340. The second-order valence-electron chi connectivity index (χ2n) is 8.82. The smallest absolute Gasteiger partial charge is 0.270 e. The highest BCUT2D eigenvalue weighted by molar-refractivity contribution is 5.94. The molecular weight excluding hydrogens is 468 g/mol. The number of H-pyrrole nitrogens is 1. The SMILES string of the molecule is COc1cc(C)[nH]c(=O)c1CNC(=O)c1nc2ccnn2c(OC2CCN(C(=O)[C@@H](C)O)CC2)c1C. The zero-order valence-corrected chi connectivity index (χ0v) is 20.7. The highest BCUT2D eigenvalue weighted by atomic mass is 16.5. The van der Waals surface area contributed by atoms with Gasteiger partial charge in [0.05, 0.1) is 25.4 Å². The van der Waals surface area contributed by atoms with Gasteiger partial charge in [-0.25, -0.2) is 4.98 Å². The number of likely N-dealkylation sites (tertiary alicyclic amines) is 1. The fourth-order valence-electron chi connectivity index (χ4n) is 4.26. The van der Waals surface area contributed by atoms with Crippen LogP contribution in [0.4, 0.5) is 0 Å². The van der Waals surface area contributed by atoms with Gasteiger partial charge >= 0.3 is 0 Å². The van der Waals surface area contributed by atoms with Crippen molar-refractivity contribution in [2.24, 2.45) is 0 Å². The van der Waals surface area contributed by atoms with Crippen molar-refractivity contribution in [3.63, 3.8) is 0 Å². The second-order valence-corrected chi connectivity index (χ2v) is 8.82. The standard InChI is InChI=1S/C24H30N6O6/c1-13-11-18(35-4)17(21(32)27-13)12-25-22(33)20-14(2)24(30-19(28-20)5-8-26-30)36-16-6-9-29(10-7-16)23(34)15(3)31/h5,8,11,15-16,31H,6-7,9-10,12H2,1-4H3,(H,25,33)(H,27,32)/t15-/m1/s1. The summed E-state index contributed by atoms with van der Waals surface area (Å²) in [6.45, 7) is 5.80. The van der Waals surface area contributed by atoms with Gasteiger partial charge in [-0.3, -0.25) is 14.4 Å². The maximum absolute atomic E-state index is 13.1. The van der Waals surface area contributed by atoms with E-state index in [2.05, 4.69) is 20.4 Å². The lowest BCUT2D eigenvalue weighted by atomic mass is 10.1. The molecule has 2 amide bonds. The van der Waals surface area contributed by atoms with Gasteiger partial charge in [-0.2, -0.15) is 9.61 Å². The van der Waals surface area contributed by atoms with E-state index in [1.54, 1.807) is 37.1 Å². The molecule has 0 radical (unpaired) electrons. The summed E-state index contributed by atoms with van der Waals surface area (Å²) in [5.74, 6) is 0.00423. The van der Waals surface area contributed by atoms with Gasteiger partial charge in [0.1, 0.15) is 23.7 Å². The van der Waals surface area contributed by atoms with Crippen LogP contribution in [-0.4, -0.2) is 73.8 Å². The number of methoxy groups -OCH3 is 1. The van der Waals surface area contributed by atoms with Crippen molar-refractivity contribution < 1.29 is 24.2 Å². The van der Waals surface area contributed by atoms with Gasteiger partial charge in [-0.05, 0) is 26.8 Å². The summed E-state index contributed by atoms with van der Waals surface area (Å²) in [5.41, 5.74) is 1.70. The molecule has 12 nitrogen and oxygen atoms in total. The number of aromatic nitrogens is 4. The number of hydrogen-bond donors (Lipinski definition) is 3. The van der Waals surface area contributed by atoms with Crippen molar-refractivity contribution in [1.82, 2.24) is 29.8 Å². The number of nitrogens with zero attached hydrogens (tertiary/aromatic N) is 4. The number of nitrogens with one attached hydrogen (secondary N) is 2. The van der Waals surface area contributed by atoms with Gasteiger partial charge < -0.3 is 29.8 Å². The first-order chi connectivity index (χ1) is 17.2. The predicted octanol–water partition coefficient (Wildman–Crippen LogP) is 0.724. The third kappa shape index (κ3) is 5.03. The monoisotopic (exact) mass is 498 g/mol. The normalized spacial score (nSPS) is 15.1. The molecule has 3 N–H and O–H groups in total. The van der Waals surface area contributed by atoms with Crippen LogP contribution in [0.3, 0.4) is 0 Å². The molecule has 1 aliphatic rings. The van der Waals surface area contributed by atoms with Crippen LogP contribution in [0.5, 0.6) is 11.6 Å². The number of aliphatic hydroxyl groups excluding tert-OH is 1. The summed E-state index contributed by atoms with van der Waals surface area (Å²) in [5, 5.41) is 16.6. The molecule has 0 unspecified atom stereocenters. The van der Waals surface area contributed by atoms with Gasteiger partial charge in [0.2, 0.25) is 5.88 Å². The lowest BCUT2D eigenvalue weighted by molar-refractivity contribution is -0.141. The zero-order valence-electron chi connectivity index (χ0n) is 20.7. The van der Waals surface area contributed by atoms with Crippen molar-refractivity contribution in [1.29, 1.82) is 0 Å². The highest BCUT2D eigenvalue weighted by Gasteiger charge is 2.28. The number of pyridine rings is 1. The maximum Gasteiger partial charge on any atom is 0.270 e. The summed E-state index contributed by atoms with van der Waals surface area (Å²) in [7, 11) is 1.47. The van der Waals surface area contributed by atoms with Crippen LogP contribution in [-0.2, 0) is 11.3 Å². The van der Waals surface area contributed by atoms with Gasteiger partial charge in [0.15, 0.2) is 5.65 Å². The molecular formula is C24H30N6O6. The fraction of sp³-hybridized carbons (Fsp3) is 0.458. The summed E-state index contributed by atoms with van der Waals surface area (Å²) in [6, 6.07) is 3.36. The number of amides is 2. The van der Waals surface area contributed by atoms with Crippen molar-refractivity contribution in [2.45, 2.75) is 52.4 Å². The number of aryl methyl sites for hydroxylation is 1. The zero-order chi connectivity index (χ0) is 26.0. The highest BCUT2D eigenvalue weighted by Crippen LogP contribution is 2.26. The van der Waals surface area contributed by atoms with Crippen LogP contribution in [0.25, 0.3) is 5.65 Å². The van der Waals surface area contributed by atoms with E-state index in [-0.39, 0.29) is 29.8 Å². The number of aromatic amines is 1. The topological polar surface area (TPSA) is 151 Å². The molecule has 0 aromatic carbocycles. The molecule has 3 aromatic rings. The van der Waals surface area contributed by atoms with Crippen LogP contribution < -0.4 is 20.3 Å². The van der Waals surface area contributed by atoms with E-state index in [4.69, 9.17) is 9.47 Å². The minimum Gasteiger partial charge on any atom is -0.496 e. The molecule has 1 fully saturated rings. The van der Waals surface area contributed by atoms with E-state index in [1.165, 1.54) is 18.5 Å². The number of carbonyl (C=O) groups excluding carboxylic acids is 2. The summed E-state index contributed by atoms with van der Waals surface area (Å²) < 4.78 is 13.1. The molecule has 4 rings (SSSR count). The molecule has 0 saturated carbocycles. The Morgan fingerprint density at radius 3 is 2.69 bits per heavy atom. The van der Waals surface area contributed by atoms with Crippen LogP contribution in [0.1, 0.15) is 47.1 Å². The fourth-order valence-corrected chi connectivity index (χ4v) is 4.26. The van der Waals surface area contributed by atoms with Gasteiger partial charge in [-0.1, -0.05) is 0 Å². The molecule has 1 aliphatic heterocycles. The first-order valence-corrected chi connectivity index (χ1v) is 11.7. The number of piperidine rings is 1. The van der Waals surface area contributed by atoms with Gasteiger partial charge in [0, 0.05) is 43.3 Å². The Morgan fingerprint density at radius 1 is 1.31 bits per heavy atom. The van der Waals surface area contributed by atoms with Crippen LogP contribution in [0.2, 0.25) is 0 Å². The van der Waals surface area contributed by atoms with Crippen molar-refractivity contribution in [3.8, 4) is 11.6 Å². The number of carbonyl (C=O) groups is 2. The average Bonchev–Trinajstić information content (AvgIpc) is 3.32. The van der Waals surface area contributed by atoms with Gasteiger partial charge in [0.25, 0.3) is 17.4 Å². The Morgan fingerprint density at radius 2 is 2.03 bits per heavy atom. The quantitative estimate of drug-likeness (QED) is 0.431. The third-order valence-corrected chi connectivity index (χ3v) is 6.20. The summed E-state index contributed by atoms with van der Waals surface area (Å²) >= 11 is 0. The van der Waals surface area contributed by atoms with Crippen molar-refractivity contribution >= 4 is 17.5 Å². The Hall–Kier alpha value is -3.93. The summed E-state index contributed by atoms with van der Waals surface area (Å²) in [4.78, 5) is 46.3. The lowest BCUT2D eigenvalue weighted by Gasteiger charge is -2.33. The molecule has 1 saturated heterocycles. The molecule has 12 heteroatoms. The van der Waals surface area contributed by atoms with E-state index in [0.29, 0.717) is 60.0 Å². The van der Waals surface area contributed by atoms with E-state index in [0.717, 1.165) is 0 Å². The number of aliphatic hydroxyl groups is 1. The maximum atomic E-state index is 13.1. The van der Waals surface area contributed by atoms with E-state index in [9.17, 15) is 19.5 Å². The molecule has 0 aliphatic carbocycles. The molecule has 3 aromatic heterocycles. The molecule has 36 heavy (non-hydrogen) atoms.